The molecule has 0 aliphatic carbocycles. The molecule has 0 unspecified atom stereocenters. The number of aromatic carboxylic acids is 1. The van der Waals surface area contributed by atoms with Gasteiger partial charge in [-0.25, -0.2) is 14.6 Å². The molecule has 35 heavy (non-hydrogen) atoms. The predicted molar refractivity (Wildman–Crippen MR) is 117 cm³/mol. The van der Waals surface area contributed by atoms with Crippen LogP contribution >= 0.6 is 0 Å². The minimum atomic E-state index is -4.60. The van der Waals surface area contributed by atoms with Crippen LogP contribution in [0.15, 0.2) is 73.4 Å². The highest BCUT2D eigenvalue weighted by Crippen LogP contribution is 2.33. The van der Waals surface area contributed by atoms with Gasteiger partial charge in [-0.05, 0) is 48.5 Å². The Hall–Kier alpha value is -4.94. The van der Waals surface area contributed by atoms with Crippen molar-refractivity contribution >= 4 is 23.4 Å². The number of aromatic nitrogens is 4. The molecule has 2 amide bonds. The minimum Gasteiger partial charge on any atom is -0.477 e. The fraction of sp³-hybridized carbons (Fsp3) is 0.0455. The maximum atomic E-state index is 13.2. The molecule has 0 aliphatic heterocycles. The highest BCUT2D eigenvalue weighted by atomic mass is 19.4. The van der Waals surface area contributed by atoms with E-state index in [-0.39, 0.29) is 22.8 Å². The number of ether oxygens (including phenoxy) is 1. The van der Waals surface area contributed by atoms with Crippen molar-refractivity contribution < 1.29 is 32.6 Å². The summed E-state index contributed by atoms with van der Waals surface area (Å²) in [6.45, 7) is 0. The molecule has 2 aromatic carbocycles. The van der Waals surface area contributed by atoms with Gasteiger partial charge in [0, 0.05) is 18.0 Å². The van der Waals surface area contributed by atoms with E-state index in [2.05, 4.69) is 25.8 Å². The number of carboxylic acids is 1. The Morgan fingerprint density at radius 1 is 0.914 bits per heavy atom. The van der Waals surface area contributed by atoms with Crippen molar-refractivity contribution in [3.63, 3.8) is 0 Å². The smallest absolute Gasteiger partial charge is 0.416 e. The first kappa shape index (κ1) is 23.2. The van der Waals surface area contributed by atoms with Crippen molar-refractivity contribution in [1.29, 1.82) is 0 Å². The summed E-state index contributed by atoms with van der Waals surface area (Å²) in [7, 11) is 0. The summed E-state index contributed by atoms with van der Waals surface area (Å²) in [4.78, 5) is 27.2. The average Bonchev–Trinajstić information content (AvgIpc) is 3.34. The number of rotatable bonds is 6. The third-order valence-corrected chi connectivity index (χ3v) is 4.57. The number of benzene rings is 2. The quantitative estimate of drug-likeness (QED) is 0.358. The van der Waals surface area contributed by atoms with Gasteiger partial charge in [-0.2, -0.15) is 13.2 Å². The number of carbonyl (C=O) groups is 2. The van der Waals surface area contributed by atoms with Crippen molar-refractivity contribution in [3.05, 3.63) is 84.7 Å². The lowest BCUT2D eigenvalue weighted by Crippen LogP contribution is -2.21. The molecule has 4 aromatic rings. The number of nitrogens with one attached hydrogen (secondary N) is 2. The van der Waals surface area contributed by atoms with Gasteiger partial charge in [-0.1, -0.05) is 0 Å². The van der Waals surface area contributed by atoms with Gasteiger partial charge in [0.25, 0.3) is 0 Å². The lowest BCUT2D eigenvalue weighted by Gasteiger charge is -2.15. The Balaban J connectivity index is 1.47. The van der Waals surface area contributed by atoms with E-state index in [9.17, 15) is 22.8 Å². The number of carboxylic acid groups (broad SMARTS) is 1. The number of nitrogens with zero attached hydrogens (tertiary/aromatic N) is 4. The number of amides is 2. The van der Waals surface area contributed by atoms with Gasteiger partial charge >= 0.3 is 18.2 Å². The van der Waals surface area contributed by atoms with Crippen LogP contribution in [-0.2, 0) is 6.18 Å². The van der Waals surface area contributed by atoms with E-state index in [1.807, 2.05) is 0 Å². The second kappa shape index (κ2) is 9.51. The number of hydrogen-bond donors (Lipinski definition) is 3. The van der Waals surface area contributed by atoms with Gasteiger partial charge in [0.2, 0.25) is 0 Å². The minimum absolute atomic E-state index is 0.107. The summed E-state index contributed by atoms with van der Waals surface area (Å²) in [5, 5.41) is 21.2. The molecule has 0 aliphatic rings. The number of hydrogen-bond acceptors (Lipinski definition) is 6. The van der Waals surface area contributed by atoms with Crippen LogP contribution in [0, 0.1) is 0 Å². The number of anilines is 2. The molecule has 0 bridgehead atoms. The maximum Gasteiger partial charge on any atom is 0.416 e. The van der Waals surface area contributed by atoms with Crippen LogP contribution in [0.25, 0.3) is 5.69 Å². The van der Waals surface area contributed by atoms with E-state index in [0.717, 1.165) is 12.1 Å². The van der Waals surface area contributed by atoms with Crippen LogP contribution in [0.3, 0.4) is 0 Å². The van der Waals surface area contributed by atoms with Crippen LogP contribution in [0.1, 0.15) is 16.1 Å². The summed E-state index contributed by atoms with van der Waals surface area (Å²) in [6.07, 6.45) is -0.741. The summed E-state index contributed by atoms with van der Waals surface area (Å²) in [5.41, 5.74) is -0.663. The van der Waals surface area contributed by atoms with Gasteiger partial charge in [-0.3, -0.25) is 4.57 Å². The molecule has 0 radical (unpaired) electrons. The molecule has 0 fully saturated rings. The molecule has 13 heteroatoms. The van der Waals surface area contributed by atoms with Crippen LogP contribution in [-0.4, -0.2) is 36.9 Å². The number of carbonyl (C=O) groups excluding carboxylic acids is 1. The first-order valence-corrected chi connectivity index (χ1v) is 9.80. The van der Waals surface area contributed by atoms with E-state index in [4.69, 9.17) is 9.84 Å². The zero-order valence-corrected chi connectivity index (χ0v) is 17.5. The molecule has 0 atom stereocenters. The predicted octanol–water partition coefficient (Wildman–Crippen LogP) is 4.82. The number of urea groups is 1. The van der Waals surface area contributed by atoms with Gasteiger partial charge in [0.15, 0.2) is 5.69 Å². The highest BCUT2D eigenvalue weighted by molar-refractivity contribution is 6.01. The number of halogens is 3. The monoisotopic (exact) mass is 484 g/mol. The van der Waals surface area contributed by atoms with E-state index in [1.54, 1.807) is 0 Å². The molecule has 0 saturated carbocycles. The first-order chi connectivity index (χ1) is 16.7. The van der Waals surface area contributed by atoms with Crippen molar-refractivity contribution in [2.24, 2.45) is 0 Å². The molecular weight excluding hydrogens is 469 g/mol. The molecule has 3 N–H and O–H groups in total. The lowest BCUT2D eigenvalue weighted by molar-refractivity contribution is -0.137. The molecule has 2 heterocycles. The van der Waals surface area contributed by atoms with Crippen LogP contribution in [0.2, 0.25) is 0 Å². The van der Waals surface area contributed by atoms with Crippen LogP contribution in [0.5, 0.6) is 11.5 Å². The van der Waals surface area contributed by atoms with E-state index < -0.39 is 23.7 Å². The number of pyridine rings is 1. The Labute approximate surface area is 195 Å². The van der Waals surface area contributed by atoms with Gasteiger partial charge in [0.1, 0.15) is 24.2 Å². The zero-order chi connectivity index (χ0) is 25.0. The topological polar surface area (TPSA) is 131 Å². The van der Waals surface area contributed by atoms with Crippen molar-refractivity contribution in [2.75, 3.05) is 10.6 Å². The van der Waals surface area contributed by atoms with E-state index in [0.29, 0.717) is 11.4 Å². The summed E-state index contributed by atoms with van der Waals surface area (Å²) < 4.78 is 46.5. The third-order valence-electron chi connectivity index (χ3n) is 4.57. The third kappa shape index (κ3) is 5.71. The summed E-state index contributed by atoms with van der Waals surface area (Å²) in [5.74, 6) is -0.595. The van der Waals surface area contributed by atoms with Gasteiger partial charge in [-0.15, -0.1) is 10.2 Å². The molecule has 178 valence electrons. The normalized spacial score (nSPS) is 11.1. The summed E-state index contributed by atoms with van der Waals surface area (Å²) in [6, 6.07) is 10.9. The molecule has 10 nitrogen and oxygen atoms in total. The Kier molecular flexibility index (Phi) is 6.31. The first-order valence-electron chi connectivity index (χ1n) is 9.80. The van der Waals surface area contributed by atoms with Gasteiger partial charge in [0.05, 0.1) is 16.9 Å². The largest absolute Gasteiger partial charge is 0.477 e. The van der Waals surface area contributed by atoms with Crippen molar-refractivity contribution in [2.45, 2.75) is 6.18 Å². The van der Waals surface area contributed by atoms with Crippen molar-refractivity contribution in [1.82, 2.24) is 19.7 Å². The Morgan fingerprint density at radius 2 is 1.63 bits per heavy atom. The fourth-order valence-electron chi connectivity index (χ4n) is 2.98. The second-order valence-electron chi connectivity index (χ2n) is 6.99. The van der Waals surface area contributed by atoms with E-state index in [1.165, 1.54) is 65.9 Å². The van der Waals surface area contributed by atoms with Crippen molar-refractivity contribution in [3.8, 4) is 17.2 Å². The second-order valence-corrected chi connectivity index (χ2v) is 6.99. The SMILES string of the molecule is O=C(Nc1ccc(Oc2ccnc(C(=O)O)c2)cc1)Nc1cc(C(F)(F)F)ccc1-n1cnnc1. The Bertz CT molecular complexity index is 1360. The molecule has 0 saturated heterocycles. The molecular formula is C22H15F3N6O4. The lowest BCUT2D eigenvalue weighted by atomic mass is 10.1. The molecule has 2 aromatic heterocycles. The van der Waals surface area contributed by atoms with Crippen LogP contribution in [0.4, 0.5) is 29.3 Å². The van der Waals surface area contributed by atoms with E-state index >= 15 is 0 Å². The fourth-order valence-corrected chi connectivity index (χ4v) is 2.98. The van der Waals surface area contributed by atoms with Crippen LogP contribution < -0.4 is 15.4 Å². The standard InChI is InChI=1S/C22H15F3N6O4/c23-22(24,25)13-1-6-19(31-11-27-28-12-31)17(9-13)30-21(34)29-14-2-4-15(5-3-14)35-16-7-8-26-18(10-16)20(32)33/h1-12H,(H,32,33)(H2,29,30,34). The summed E-state index contributed by atoms with van der Waals surface area (Å²) >= 11 is 0. The highest BCUT2D eigenvalue weighted by Gasteiger charge is 2.31. The number of alkyl halides is 3. The average molecular weight is 484 g/mol. The maximum absolute atomic E-state index is 13.2. The van der Waals surface area contributed by atoms with Gasteiger partial charge < -0.3 is 20.5 Å². The zero-order valence-electron chi connectivity index (χ0n) is 17.5. The molecule has 4 rings (SSSR count). The Morgan fingerprint density at radius 3 is 2.29 bits per heavy atom. The molecule has 0 spiro atoms.